The van der Waals surface area contributed by atoms with Crippen molar-refractivity contribution >= 4 is 22.6 Å². The largest absolute Gasteiger partial charge is 0.327 e. The minimum absolute atomic E-state index is 0.264. The molecule has 4 heteroatoms. The number of aryl methyl sites for hydroxylation is 1. The predicted molar refractivity (Wildman–Crippen MR) is 54.9 cm³/mol. The maximum absolute atomic E-state index is 12.9. The molecule has 1 aromatic carbocycles. The summed E-state index contributed by atoms with van der Waals surface area (Å²) in [6.45, 7) is 2.81. The molecule has 14 heavy (non-hydrogen) atoms. The van der Waals surface area contributed by atoms with Crippen LogP contribution in [0.3, 0.4) is 0 Å². The Morgan fingerprint density at radius 1 is 1.50 bits per heavy atom. The van der Waals surface area contributed by atoms with Gasteiger partial charge < -0.3 is 4.57 Å². The SMILES string of the molecule is CCn1c(CCl)nc2cc(F)ccc21. The number of rotatable bonds is 2. The van der Waals surface area contributed by atoms with Crippen LogP contribution in [0.2, 0.25) is 0 Å². The second-order valence-electron chi connectivity index (χ2n) is 3.04. The number of benzene rings is 1. The van der Waals surface area contributed by atoms with Crippen molar-refractivity contribution in [3.63, 3.8) is 0 Å². The number of alkyl halides is 1. The van der Waals surface area contributed by atoms with E-state index in [2.05, 4.69) is 4.98 Å². The van der Waals surface area contributed by atoms with Gasteiger partial charge in [0.1, 0.15) is 11.6 Å². The standard InChI is InChI=1S/C10H10ClFN2/c1-2-14-9-4-3-7(12)5-8(9)13-10(14)6-11/h3-5H,2,6H2,1H3. The van der Waals surface area contributed by atoms with Gasteiger partial charge in [-0.2, -0.15) is 0 Å². The number of hydrogen-bond acceptors (Lipinski definition) is 1. The molecule has 0 amide bonds. The molecule has 0 spiro atoms. The summed E-state index contributed by atoms with van der Waals surface area (Å²) in [4.78, 5) is 4.25. The van der Waals surface area contributed by atoms with Crippen molar-refractivity contribution in [1.29, 1.82) is 0 Å². The number of aromatic nitrogens is 2. The third-order valence-corrected chi connectivity index (χ3v) is 2.46. The fourth-order valence-corrected chi connectivity index (χ4v) is 1.81. The second kappa shape index (κ2) is 3.58. The van der Waals surface area contributed by atoms with Crippen molar-refractivity contribution in [2.75, 3.05) is 0 Å². The summed E-state index contributed by atoms with van der Waals surface area (Å²) < 4.78 is 14.9. The summed E-state index contributed by atoms with van der Waals surface area (Å²) in [7, 11) is 0. The summed E-state index contributed by atoms with van der Waals surface area (Å²) in [6, 6.07) is 4.60. The van der Waals surface area contributed by atoms with Gasteiger partial charge in [-0.05, 0) is 19.1 Å². The maximum Gasteiger partial charge on any atom is 0.125 e. The number of imidazole rings is 1. The quantitative estimate of drug-likeness (QED) is 0.700. The van der Waals surface area contributed by atoms with E-state index in [0.717, 1.165) is 17.9 Å². The molecule has 74 valence electrons. The first-order valence-corrected chi connectivity index (χ1v) is 5.00. The van der Waals surface area contributed by atoms with Crippen LogP contribution in [0.15, 0.2) is 18.2 Å². The lowest BCUT2D eigenvalue weighted by molar-refractivity contribution is 0.629. The second-order valence-corrected chi connectivity index (χ2v) is 3.31. The van der Waals surface area contributed by atoms with Crippen molar-refractivity contribution in [1.82, 2.24) is 9.55 Å². The summed E-state index contributed by atoms with van der Waals surface area (Å²) in [5.41, 5.74) is 1.60. The summed E-state index contributed by atoms with van der Waals surface area (Å²) in [5.74, 6) is 0.874. The Bertz CT molecular complexity index is 464. The van der Waals surface area contributed by atoms with E-state index >= 15 is 0 Å². The lowest BCUT2D eigenvalue weighted by Gasteiger charge is -2.01. The molecular weight excluding hydrogens is 203 g/mol. The molecule has 0 radical (unpaired) electrons. The first-order chi connectivity index (χ1) is 6.76. The van der Waals surface area contributed by atoms with E-state index in [1.54, 1.807) is 6.07 Å². The van der Waals surface area contributed by atoms with Crippen LogP contribution in [0.25, 0.3) is 11.0 Å². The van der Waals surface area contributed by atoms with E-state index in [-0.39, 0.29) is 5.82 Å². The molecule has 0 N–H and O–H groups in total. The van der Waals surface area contributed by atoms with Gasteiger partial charge in [0.15, 0.2) is 0 Å². The van der Waals surface area contributed by atoms with Crippen molar-refractivity contribution in [2.45, 2.75) is 19.3 Å². The van der Waals surface area contributed by atoms with E-state index in [9.17, 15) is 4.39 Å². The lowest BCUT2D eigenvalue weighted by Crippen LogP contribution is -1.98. The van der Waals surface area contributed by atoms with Crippen LogP contribution < -0.4 is 0 Å². The zero-order chi connectivity index (χ0) is 10.1. The first-order valence-electron chi connectivity index (χ1n) is 4.47. The van der Waals surface area contributed by atoms with Crippen LogP contribution in [0.4, 0.5) is 4.39 Å². The third-order valence-electron chi connectivity index (χ3n) is 2.23. The van der Waals surface area contributed by atoms with Gasteiger partial charge in [0.05, 0.1) is 16.9 Å². The van der Waals surface area contributed by atoms with Crippen LogP contribution in [0.5, 0.6) is 0 Å². The van der Waals surface area contributed by atoms with E-state index in [1.807, 2.05) is 11.5 Å². The average molecular weight is 213 g/mol. The Labute approximate surface area is 86.3 Å². The molecule has 0 aliphatic rings. The molecule has 0 saturated heterocycles. The van der Waals surface area contributed by atoms with Crippen LogP contribution in [0.1, 0.15) is 12.7 Å². The van der Waals surface area contributed by atoms with Crippen molar-refractivity contribution in [3.8, 4) is 0 Å². The smallest absolute Gasteiger partial charge is 0.125 e. The third kappa shape index (κ3) is 1.38. The topological polar surface area (TPSA) is 17.8 Å². The van der Waals surface area contributed by atoms with Gasteiger partial charge in [0.25, 0.3) is 0 Å². The van der Waals surface area contributed by atoms with Crippen LogP contribution in [-0.2, 0) is 12.4 Å². The fourth-order valence-electron chi connectivity index (χ4n) is 1.61. The molecule has 2 rings (SSSR count). The average Bonchev–Trinajstić information content (AvgIpc) is 2.54. The van der Waals surface area contributed by atoms with Crippen molar-refractivity contribution in [2.24, 2.45) is 0 Å². The highest BCUT2D eigenvalue weighted by Crippen LogP contribution is 2.18. The van der Waals surface area contributed by atoms with E-state index < -0.39 is 0 Å². The first kappa shape index (κ1) is 9.46. The Morgan fingerprint density at radius 3 is 2.93 bits per heavy atom. The van der Waals surface area contributed by atoms with Crippen molar-refractivity contribution in [3.05, 3.63) is 29.8 Å². The van der Waals surface area contributed by atoms with Gasteiger partial charge >= 0.3 is 0 Å². The highest BCUT2D eigenvalue weighted by molar-refractivity contribution is 6.16. The van der Waals surface area contributed by atoms with E-state index in [0.29, 0.717) is 11.4 Å². The van der Waals surface area contributed by atoms with Crippen molar-refractivity contribution < 1.29 is 4.39 Å². The number of halogens is 2. The van der Waals surface area contributed by atoms with Gasteiger partial charge in [0.2, 0.25) is 0 Å². The molecule has 0 bridgehead atoms. The van der Waals surface area contributed by atoms with Gasteiger partial charge in [-0.25, -0.2) is 9.37 Å². The molecule has 1 heterocycles. The Kier molecular flexibility index (Phi) is 2.42. The Balaban J connectivity index is 2.73. The highest BCUT2D eigenvalue weighted by atomic mass is 35.5. The van der Waals surface area contributed by atoms with Gasteiger partial charge in [-0.3, -0.25) is 0 Å². The zero-order valence-corrected chi connectivity index (χ0v) is 8.55. The fraction of sp³-hybridized carbons (Fsp3) is 0.300. The van der Waals surface area contributed by atoms with Gasteiger partial charge in [-0.1, -0.05) is 0 Å². The molecule has 1 aromatic heterocycles. The zero-order valence-electron chi connectivity index (χ0n) is 7.80. The number of hydrogen-bond donors (Lipinski definition) is 0. The number of fused-ring (bicyclic) bond motifs is 1. The minimum atomic E-state index is -0.264. The molecule has 0 saturated carbocycles. The van der Waals surface area contributed by atoms with Crippen LogP contribution >= 0.6 is 11.6 Å². The van der Waals surface area contributed by atoms with Crippen LogP contribution in [0, 0.1) is 5.82 Å². The summed E-state index contributed by atoms with van der Waals surface area (Å²) in [6.07, 6.45) is 0. The summed E-state index contributed by atoms with van der Waals surface area (Å²) in [5, 5.41) is 0. The maximum atomic E-state index is 12.9. The van der Waals surface area contributed by atoms with E-state index in [1.165, 1.54) is 12.1 Å². The van der Waals surface area contributed by atoms with Gasteiger partial charge in [0, 0.05) is 12.6 Å². The molecule has 0 fully saturated rings. The highest BCUT2D eigenvalue weighted by Gasteiger charge is 2.08. The lowest BCUT2D eigenvalue weighted by atomic mass is 10.3. The van der Waals surface area contributed by atoms with Crippen LogP contribution in [-0.4, -0.2) is 9.55 Å². The summed E-state index contributed by atoms with van der Waals surface area (Å²) >= 11 is 5.75. The monoisotopic (exact) mass is 212 g/mol. The minimum Gasteiger partial charge on any atom is -0.327 e. The molecule has 0 aliphatic heterocycles. The Morgan fingerprint density at radius 2 is 2.29 bits per heavy atom. The molecular formula is C10H10ClFN2. The molecule has 0 aliphatic carbocycles. The molecule has 2 nitrogen and oxygen atoms in total. The molecule has 0 unspecified atom stereocenters. The predicted octanol–water partition coefficient (Wildman–Crippen LogP) is 2.93. The number of nitrogens with zero attached hydrogens (tertiary/aromatic N) is 2. The Hall–Kier alpha value is -1.09. The normalized spacial score (nSPS) is 11.1. The van der Waals surface area contributed by atoms with Gasteiger partial charge in [-0.15, -0.1) is 11.6 Å². The molecule has 0 atom stereocenters. The van der Waals surface area contributed by atoms with E-state index in [4.69, 9.17) is 11.6 Å². The molecule has 2 aromatic rings.